The van der Waals surface area contributed by atoms with Crippen LogP contribution >= 0.6 is 7.82 Å². The van der Waals surface area contributed by atoms with Crippen LogP contribution in [0.3, 0.4) is 0 Å². The lowest BCUT2D eigenvalue weighted by atomic mass is 11.3. The average molecular weight is 138 g/mol. The Labute approximate surface area is 48.0 Å². The lowest BCUT2D eigenvalue weighted by Gasteiger charge is -2.25. The Morgan fingerprint density at radius 1 is 1.50 bits per heavy atom. The fourth-order valence-electron chi connectivity index (χ4n) is 0. The molecule has 50 valence electrons. The highest BCUT2D eigenvalue weighted by atomic mass is 31.2. The van der Waals surface area contributed by atoms with E-state index in [1.807, 2.05) is 0 Å². The van der Waals surface area contributed by atoms with Crippen LogP contribution in [0.4, 0.5) is 0 Å². The molecule has 5 heteroatoms. The lowest BCUT2D eigenvalue weighted by Crippen LogP contribution is -2.14. The summed E-state index contributed by atoms with van der Waals surface area (Å²) in [7, 11) is -3.83. The van der Waals surface area contributed by atoms with Gasteiger partial charge in [0.2, 0.25) is 0 Å². The molecule has 0 spiro atoms. The predicted molar refractivity (Wildman–Crippen MR) is 25.9 cm³/mol. The maximum absolute atomic E-state index is 9.25. The summed E-state index contributed by atoms with van der Waals surface area (Å²) < 4.78 is 12.6. The van der Waals surface area contributed by atoms with E-state index in [4.69, 9.17) is 0 Å². The minimum Gasteiger partial charge on any atom is -0.790 e. The summed E-state index contributed by atoms with van der Waals surface area (Å²) in [6.07, 6.45) is 0. The van der Waals surface area contributed by atoms with Gasteiger partial charge in [-0.2, -0.15) is 0 Å². The zero-order valence-corrected chi connectivity index (χ0v) is 5.39. The number of rotatable bonds is 1. The van der Waals surface area contributed by atoms with Gasteiger partial charge in [-0.1, -0.05) is 0 Å². The minimum absolute atomic E-state index is 0.820. The van der Waals surface area contributed by atoms with Crippen LogP contribution in [0.5, 0.6) is 0 Å². The van der Waals surface area contributed by atoms with Gasteiger partial charge in [-0.05, 0) is 0 Å². The van der Waals surface area contributed by atoms with E-state index >= 15 is 0 Å². The van der Waals surface area contributed by atoms with E-state index in [2.05, 4.69) is 17.7 Å². The van der Waals surface area contributed by atoms with Gasteiger partial charge in [0.15, 0.2) is 0 Å². The smallest absolute Gasteiger partial charge is 0.0592 e. The Morgan fingerprint density at radius 2 is 1.62 bits per heavy atom. The van der Waals surface area contributed by atoms with Gasteiger partial charge in [0, 0.05) is 7.11 Å². The SMILES string of the molecule is C=C.COP(=O)([O-])[O-]. The standard InChI is InChI=1S/C2H4.CH5O4P/c1-2;1-5-6(2,3)4/h1-2H2;1H3,(H2,2,3,4)/p-2. The molecule has 8 heavy (non-hydrogen) atoms. The predicted octanol–water partition coefficient (Wildman–Crippen LogP) is -0.736. The molecule has 0 fully saturated rings. The molecular weight excluding hydrogens is 131 g/mol. The Kier molecular flexibility index (Phi) is 6.72. The van der Waals surface area contributed by atoms with Crippen LogP contribution in [0.15, 0.2) is 13.2 Å². The maximum atomic E-state index is 9.25. The molecule has 0 heterocycles. The van der Waals surface area contributed by atoms with Crippen molar-refractivity contribution in [1.29, 1.82) is 0 Å². The van der Waals surface area contributed by atoms with E-state index in [0.29, 0.717) is 0 Å². The maximum Gasteiger partial charge on any atom is 0.0592 e. The second kappa shape index (κ2) is 5.00. The van der Waals surface area contributed by atoms with E-state index in [1.165, 1.54) is 0 Å². The molecule has 0 radical (unpaired) electrons. The van der Waals surface area contributed by atoms with Crippen LogP contribution in [0, 0.1) is 0 Å². The monoisotopic (exact) mass is 138 g/mol. The topological polar surface area (TPSA) is 72.4 Å². The third-order valence-electron chi connectivity index (χ3n) is 0.224. The van der Waals surface area contributed by atoms with E-state index in [0.717, 1.165) is 7.11 Å². The Hall–Kier alpha value is -0.150. The van der Waals surface area contributed by atoms with Crippen LogP contribution in [-0.2, 0) is 9.09 Å². The van der Waals surface area contributed by atoms with E-state index in [-0.39, 0.29) is 0 Å². The van der Waals surface area contributed by atoms with Crippen LogP contribution in [0.2, 0.25) is 0 Å². The highest BCUT2D eigenvalue weighted by Crippen LogP contribution is 2.21. The molecule has 0 saturated carbocycles. The van der Waals surface area contributed by atoms with Crippen molar-refractivity contribution in [2.24, 2.45) is 0 Å². The highest BCUT2D eigenvalue weighted by molar-refractivity contribution is 7.43. The third kappa shape index (κ3) is 16.9. The van der Waals surface area contributed by atoms with Gasteiger partial charge in [-0.3, -0.25) is 0 Å². The fraction of sp³-hybridized carbons (Fsp3) is 0.333. The van der Waals surface area contributed by atoms with Crippen molar-refractivity contribution in [2.75, 3.05) is 7.11 Å². The van der Waals surface area contributed by atoms with Gasteiger partial charge in [0.1, 0.15) is 0 Å². The quantitative estimate of drug-likeness (QED) is 0.353. The van der Waals surface area contributed by atoms with Crippen molar-refractivity contribution in [3.8, 4) is 0 Å². The summed E-state index contributed by atoms with van der Waals surface area (Å²) >= 11 is 0. The molecular formula is C3H7O4P-2. The van der Waals surface area contributed by atoms with Gasteiger partial charge in [0.25, 0.3) is 0 Å². The van der Waals surface area contributed by atoms with Crippen LogP contribution in [0.25, 0.3) is 0 Å². The summed E-state index contributed by atoms with van der Waals surface area (Å²) in [5.41, 5.74) is 0. The largest absolute Gasteiger partial charge is 0.790 e. The van der Waals surface area contributed by atoms with Crippen LogP contribution in [-0.4, -0.2) is 7.11 Å². The molecule has 0 atom stereocenters. The van der Waals surface area contributed by atoms with Gasteiger partial charge in [-0.25, -0.2) is 0 Å². The molecule has 0 aliphatic rings. The van der Waals surface area contributed by atoms with Gasteiger partial charge < -0.3 is 18.9 Å². The molecule has 0 aliphatic heterocycles. The molecule has 0 aliphatic carbocycles. The van der Waals surface area contributed by atoms with E-state index in [9.17, 15) is 14.4 Å². The van der Waals surface area contributed by atoms with Gasteiger partial charge >= 0.3 is 0 Å². The number of phosphoric acid groups is 1. The summed E-state index contributed by atoms with van der Waals surface area (Å²) in [6.45, 7) is 6.00. The Bertz CT molecular complexity index is 85.3. The molecule has 0 aromatic heterocycles. The lowest BCUT2D eigenvalue weighted by molar-refractivity contribution is -0.339. The normalized spacial score (nSPS) is 9.38. The first-order valence-electron chi connectivity index (χ1n) is 1.64. The van der Waals surface area contributed by atoms with E-state index < -0.39 is 7.82 Å². The summed E-state index contributed by atoms with van der Waals surface area (Å²) in [5, 5.41) is 0. The average Bonchev–Trinajstić information content (AvgIpc) is 1.71. The molecule has 0 aromatic carbocycles. The Balaban J connectivity index is 0. The van der Waals surface area contributed by atoms with Crippen molar-refractivity contribution in [3.05, 3.63) is 13.2 Å². The van der Waals surface area contributed by atoms with Crippen LogP contribution < -0.4 is 9.79 Å². The van der Waals surface area contributed by atoms with Crippen molar-refractivity contribution < 1.29 is 18.9 Å². The first-order valence-corrected chi connectivity index (χ1v) is 3.10. The summed E-state index contributed by atoms with van der Waals surface area (Å²) in [5.74, 6) is 0. The second-order valence-electron chi connectivity index (χ2n) is 0.630. The molecule has 0 aromatic rings. The second-order valence-corrected chi connectivity index (χ2v) is 1.89. The first-order chi connectivity index (χ1) is 3.56. The molecule has 0 amide bonds. The minimum atomic E-state index is -4.65. The highest BCUT2D eigenvalue weighted by Gasteiger charge is 1.75. The van der Waals surface area contributed by atoms with E-state index in [1.54, 1.807) is 0 Å². The summed E-state index contributed by atoms with van der Waals surface area (Å²) in [6, 6.07) is 0. The number of hydrogen-bond acceptors (Lipinski definition) is 4. The van der Waals surface area contributed by atoms with Crippen molar-refractivity contribution in [3.63, 3.8) is 0 Å². The molecule has 0 bridgehead atoms. The van der Waals surface area contributed by atoms with Crippen molar-refractivity contribution in [2.45, 2.75) is 0 Å². The third-order valence-corrected chi connectivity index (χ3v) is 0.671. The molecule has 0 unspecified atom stereocenters. The van der Waals surface area contributed by atoms with Gasteiger partial charge in [-0.15, -0.1) is 13.2 Å². The molecule has 4 nitrogen and oxygen atoms in total. The zero-order valence-electron chi connectivity index (χ0n) is 4.49. The zero-order chi connectivity index (χ0) is 7.21. The molecule has 0 N–H and O–H groups in total. The molecule has 0 saturated heterocycles. The van der Waals surface area contributed by atoms with Crippen molar-refractivity contribution in [1.82, 2.24) is 0 Å². The molecule has 0 rings (SSSR count). The number of hydrogen-bond donors (Lipinski definition) is 0. The number of phosphoric ester groups is 1. The van der Waals surface area contributed by atoms with Crippen LogP contribution in [0.1, 0.15) is 0 Å². The fourth-order valence-corrected chi connectivity index (χ4v) is 0. The summed E-state index contributed by atoms with van der Waals surface area (Å²) in [4.78, 5) is 18.5. The first kappa shape index (κ1) is 10.8. The van der Waals surface area contributed by atoms with Gasteiger partial charge in [0.05, 0.1) is 7.82 Å². The van der Waals surface area contributed by atoms with Crippen molar-refractivity contribution >= 4 is 7.82 Å². The Morgan fingerprint density at radius 3 is 1.62 bits per heavy atom.